The van der Waals surface area contributed by atoms with Gasteiger partial charge in [-0.05, 0) is 12.5 Å². The summed E-state index contributed by atoms with van der Waals surface area (Å²) in [5.41, 5.74) is 5.52. The number of nitrogen functional groups attached to an aromatic ring is 1. The maximum Gasteiger partial charge on any atom is 0.389 e. The predicted molar refractivity (Wildman–Crippen MR) is 65.1 cm³/mol. The Morgan fingerprint density at radius 2 is 2.05 bits per heavy atom. The fraction of sp³-hybridized carbons (Fsp3) is 0.400. The molecular weight excluding hydrogens is 275 g/mol. The second-order valence-corrected chi connectivity index (χ2v) is 3.91. The predicted octanol–water partition coefficient (Wildman–Crippen LogP) is 1.39. The third-order valence-corrected chi connectivity index (χ3v) is 2.27. The van der Waals surface area contributed by atoms with E-state index in [1.807, 2.05) is 0 Å². The highest BCUT2D eigenvalue weighted by molar-refractivity contribution is 5.34. The number of hydrogen-bond donors (Lipinski definition) is 2. The minimum atomic E-state index is -4.17. The van der Waals surface area contributed by atoms with Gasteiger partial charge in [0.2, 0.25) is 11.9 Å². The van der Waals surface area contributed by atoms with Crippen molar-refractivity contribution >= 4 is 11.9 Å². The van der Waals surface area contributed by atoms with Gasteiger partial charge in [0.1, 0.15) is 0 Å². The van der Waals surface area contributed by atoms with Crippen molar-refractivity contribution in [3.05, 3.63) is 18.5 Å². The van der Waals surface area contributed by atoms with Crippen LogP contribution in [0.25, 0.3) is 5.95 Å². The first-order valence-electron chi connectivity index (χ1n) is 5.76. The molecule has 2 rings (SSSR count). The van der Waals surface area contributed by atoms with Gasteiger partial charge in [-0.3, -0.25) is 0 Å². The van der Waals surface area contributed by atoms with E-state index >= 15 is 0 Å². The lowest BCUT2D eigenvalue weighted by Crippen LogP contribution is -2.14. The number of aromatic nitrogens is 5. The number of alkyl halides is 3. The summed E-state index contributed by atoms with van der Waals surface area (Å²) in [4.78, 5) is 11.7. The standard InChI is InChI=1S/C10H12F3N7/c11-10(12,13)3-1-4-15-8-17-7(14)18-9(19-8)20-6-2-5-16-20/h2,5-6H,1,3-4H2,(H3,14,15,17,18,19). The first-order chi connectivity index (χ1) is 9.44. The van der Waals surface area contributed by atoms with E-state index in [2.05, 4.69) is 25.4 Å². The molecule has 7 nitrogen and oxygen atoms in total. The Morgan fingerprint density at radius 3 is 2.70 bits per heavy atom. The Morgan fingerprint density at radius 1 is 1.25 bits per heavy atom. The van der Waals surface area contributed by atoms with Crippen LogP contribution in [-0.4, -0.2) is 37.5 Å². The maximum absolute atomic E-state index is 12.0. The van der Waals surface area contributed by atoms with Crippen molar-refractivity contribution in [1.82, 2.24) is 24.7 Å². The molecule has 0 atom stereocenters. The number of nitrogens with zero attached hydrogens (tertiary/aromatic N) is 5. The zero-order valence-electron chi connectivity index (χ0n) is 10.3. The molecule has 10 heteroatoms. The molecule has 0 fully saturated rings. The third kappa shape index (κ3) is 4.07. The van der Waals surface area contributed by atoms with E-state index in [4.69, 9.17) is 5.73 Å². The number of rotatable bonds is 5. The summed E-state index contributed by atoms with van der Waals surface area (Å²) in [7, 11) is 0. The van der Waals surface area contributed by atoms with Gasteiger partial charge in [-0.1, -0.05) is 0 Å². The molecule has 0 aliphatic rings. The molecule has 2 heterocycles. The van der Waals surface area contributed by atoms with Gasteiger partial charge in [0.15, 0.2) is 0 Å². The molecule has 0 radical (unpaired) electrons. The molecule has 0 saturated carbocycles. The van der Waals surface area contributed by atoms with Crippen LogP contribution in [0.15, 0.2) is 18.5 Å². The summed E-state index contributed by atoms with van der Waals surface area (Å²) in [5.74, 6) is 0.273. The minimum absolute atomic E-state index is 0.0381. The van der Waals surface area contributed by atoms with Crippen LogP contribution in [0.5, 0.6) is 0 Å². The highest BCUT2D eigenvalue weighted by Gasteiger charge is 2.25. The van der Waals surface area contributed by atoms with Crippen LogP contribution in [0.1, 0.15) is 12.8 Å². The number of nitrogens with two attached hydrogens (primary N) is 1. The van der Waals surface area contributed by atoms with Crippen LogP contribution in [-0.2, 0) is 0 Å². The van der Waals surface area contributed by atoms with Crippen LogP contribution in [0.3, 0.4) is 0 Å². The maximum atomic E-state index is 12.0. The Hall–Kier alpha value is -2.39. The van der Waals surface area contributed by atoms with Crippen molar-refractivity contribution in [2.45, 2.75) is 19.0 Å². The Balaban J connectivity index is 1.98. The number of anilines is 2. The van der Waals surface area contributed by atoms with Gasteiger partial charge in [-0.25, -0.2) is 4.68 Å². The van der Waals surface area contributed by atoms with E-state index in [0.717, 1.165) is 0 Å². The van der Waals surface area contributed by atoms with E-state index < -0.39 is 12.6 Å². The van der Waals surface area contributed by atoms with Gasteiger partial charge in [0, 0.05) is 25.4 Å². The van der Waals surface area contributed by atoms with Crippen LogP contribution < -0.4 is 11.1 Å². The molecule has 3 N–H and O–H groups in total. The van der Waals surface area contributed by atoms with E-state index in [0.29, 0.717) is 0 Å². The van der Waals surface area contributed by atoms with Gasteiger partial charge < -0.3 is 11.1 Å². The molecule has 2 aromatic heterocycles. The van der Waals surface area contributed by atoms with E-state index in [1.165, 1.54) is 10.9 Å². The van der Waals surface area contributed by atoms with Gasteiger partial charge in [-0.2, -0.15) is 33.2 Å². The molecule has 0 saturated heterocycles. The molecule has 108 valence electrons. The average molecular weight is 287 g/mol. The molecule has 0 aliphatic heterocycles. The summed E-state index contributed by atoms with van der Waals surface area (Å²) in [5, 5.41) is 6.61. The summed E-state index contributed by atoms with van der Waals surface area (Å²) >= 11 is 0. The summed E-state index contributed by atoms with van der Waals surface area (Å²) < 4.78 is 37.4. The van der Waals surface area contributed by atoms with Crippen LogP contribution in [0.2, 0.25) is 0 Å². The van der Waals surface area contributed by atoms with Gasteiger partial charge in [-0.15, -0.1) is 0 Å². The molecule has 0 aliphatic carbocycles. The zero-order chi connectivity index (χ0) is 14.6. The average Bonchev–Trinajstić information content (AvgIpc) is 2.86. The largest absolute Gasteiger partial charge is 0.389 e. The molecule has 2 aromatic rings. The third-order valence-electron chi connectivity index (χ3n) is 2.27. The fourth-order valence-electron chi connectivity index (χ4n) is 1.44. The molecule has 0 aromatic carbocycles. The normalized spacial score (nSPS) is 11.6. The molecule has 0 amide bonds. The molecule has 0 bridgehead atoms. The SMILES string of the molecule is Nc1nc(NCCCC(F)(F)F)nc(-n2cccn2)n1. The highest BCUT2D eigenvalue weighted by Crippen LogP contribution is 2.21. The number of hydrogen-bond acceptors (Lipinski definition) is 6. The first kappa shape index (κ1) is 14.0. The molecule has 0 spiro atoms. The lowest BCUT2D eigenvalue weighted by Gasteiger charge is -2.08. The molecule has 20 heavy (non-hydrogen) atoms. The second-order valence-electron chi connectivity index (χ2n) is 3.91. The summed E-state index contributed by atoms with van der Waals surface area (Å²) in [6, 6.07) is 1.68. The quantitative estimate of drug-likeness (QED) is 0.807. The Kier molecular flexibility index (Phi) is 4.01. The van der Waals surface area contributed by atoms with Crippen molar-refractivity contribution in [3.8, 4) is 5.95 Å². The van der Waals surface area contributed by atoms with E-state index in [1.54, 1.807) is 12.3 Å². The van der Waals surface area contributed by atoms with Crippen molar-refractivity contribution in [1.29, 1.82) is 0 Å². The van der Waals surface area contributed by atoms with Crippen molar-refractivity contribution in [3.63, 3.8) is 0 Å². The topological polar surface area (TPSA) is 94.5 Å². The second kappa shape index (κ2) is 5.72. The fourth-order valence-corrected chi connectivity index (χ4v) is 1.44. The summed E-state index contributed by atoms with van der Waals surface area (Å²) in [6.45, 7) is 0.0848. The molecular formula is C10H12F3N7. The smallest absolute Gasteiger partial charge is 0.368 e. The number of halogens is 3. The lowest BCUT2D eigenvalue weighted by atomic mass is 10.3. The van der Waals surface area contributed by atoms with E-state index in [-0.39, 0.29) is 30.8 Å². The van der Waals surface area contributed by atoms with Crippen LogP contribution in [0, 0.1) is 0 Å². The molecule has 0 unspecified atom stereocenters. The van der Waals surface area contributed by atoms with Crippen molar-refractivity contribution in [2.24, 2.45) is 0 Å². The van der Waals surface area contributed by atoms with Crippen LogP contribution in [0.4, 0.5) is 25.1 Å². The van der Waals surface area contributed by atoms with E-state index in [9.17, 15) is 13.2 Å². The van der Waals surface area contributed by atoms with Crippen LogP contribution >= 0.6 is 0 Å². The monoisotopic (exact) mass is 287 g/mol. The Labute approximate surface area is 112 Å². The van der Waals surface area contributed by atoms with Gasteiger partial charge in [0.05, 0.1) is 0 Å². The minimum Gasteiger partial charge on any atom is -0.368 e. The van der Waals surface area contributed by atoms with Gasteiger partial charge >= 0.3 is 6.18 Å². The zero-order valence-corrected chi connectivity index (χ0v) is 10.3. The van der Waals surface area contributed by atoms with Gasteiger partial charge in [0.25, 0.3) is 5.95 Å². The number of nitrogens with one attached hydrogen (secondary N) is 1. The van der Waals surface area contributed by atoms with Crippen molar-refractivity contribution in [2.75, 3.05) is 17.6 Å². The Bertz CT molecular complexity index is 552. The first-order valence-corrected chi connectivity index (χ1v) is 5.76. The van der Waals surface area contributed by atoms with Crippen molar-refractivity contribution < 1.29 is 13.2 Å². The summed E-state index contributed by atoms with van der Waals surface area (Å²) in [6.07, 6.45) is -1.96. The highest BCUT2D eigenvalue weighted by atomic mass is 19.4. The lowest BCUT2D eigenvalue weighted by molar-refractivity contribution is -0.134.